The van der Waals surface area contributed by atoms with Crippen LogP contribution in [0.5, 0.6) is 0 Å². The number of aryl methyl sites for hydroxylation is 1. The molecule has 1 fully saturated rings. The summed E-state index contributed by atoms with van der Waals surface area (Å²) in [5.41, 5.74) is 0.243. The predicted molar refractivity (Wildman–Crippen MR) is 83.9 cm³/mol. The van der Waals surface area contributed by atoms with Gasteiger partial charge in [-0.05, 0) is 25.3 Å². The summed E-state index contributed by atoms with van der Waals surface area (Å²) < 4.78 is 15.4. The van der Waals surface area contributed by atoms with Gasteiger partial charge in [-0.25, -0.2) is 9.07 Å². The zero-order chi connectivity index (χ0) is 15.5. The first-order chi connectivity index (χ1) is 10.7. The molecule has 1 aliphatic heterocycles. The summed E-state index contributed by atoms with van der Waals surface area (Å²) >= 11 is 5.75. The summed E-state index contributed by atoms with van der Waals surface area (Å²) in [6.45, 7) is 1.56. The van der Waals surface area contributed by atoms with Crippen LogP contribution in [-0.2, 0) is 6.54 Å². The van der Waals surface area contributed by atoms with E-state index in [-0.39, 0.29) is 11.6 Å². The Morgan fingerprint density at radius 2 is 2.36 bits per heavy atom. The minimum Gasteiger partial charge on any atom is -0.350 e. The third kappa shape index (κ3) is 2.88. The molecular weight excluding hydrogens is 307 g/mol. The summed E-state index contributed by atoms with van der Waals surface area (Å²) in [5, 5.41) is 4.32. The van der Waals surface area contributed by atoms with Crippen molar-refractivity contribution in [1.82, 2.24) is 14.8 Å². The van der Waals surface area contributed by atoms with Crippen molar-refractivity contribution in [3.8, 4) is 0 Å². The number of rotatable bonds is 5. The van der Waals surface area contributed by atoms with E-state index >= 15 is 0 Å². The molecule has 7 heteroatoms. The van der Waals surface area contributed by atoms with Crippen LogP contribution in [0.4, 0.5) is 10.2 Å². The largest absolute Gasteiger partial charge is 0.350 e. The van der Waals surface area contributed by atoms with Crippen molar-refractivity contribution in [3.05, 3.63) is 46.3 Å². The maximum atomic E-state index is 13.5. The van der Waals surface area contributed by atoms with Crippen LogP contribution < -0.4 is 10.5 Å². The van der Waals surface area contributed by atoms with E-state index in [4.69, 9.17) is 11.6 Å². The molecule has 1 saturated heterocycles. The molecule has 3 heterocycles. The van der Waals surface area contributed by atoms with Gasteiger partial charge in [-0.1, -0.05) is 0 Å². The molecule has 0 amide bonds. The van der Waals surface area contributed by atoms with Crippen LogP contribution in [0.2, 0.25) is 0 Å². The molecule has 0 aromatic carbocycles. The van der Waals surface area contributed by atoms with Gasteiger partial charge in [0.1, 0.15) is 11.6 Å². The highest BCUT2D eigenvalue weighted by Crippen LogP contribution is 2.34. The zero-order valence-electron chi connectivity index (χ0n) is 12.1. The summed E-state index contributed by atoms with van der Waals surface area (Å²) in [5.74, 6) is 1.11. The van der Waals surface area contributed by atoms with Crippen molar-refractivity contribution in [2.45, 2.75) is 31.8 Å². The van der Waals surface area contributed by atoms with Crippen molar-refractivity contribution >= 4 is 17.4 Å². The topological polar surface area (TPSA) is 53.9 Å². The zero-order valence-corrected chi connectivity index (χ0v) is 12.9. The highest BCUT2D eigenvalue weighted by molar-refractivity contribution is 6.17. The lowest BCUT2D eigenvalue weighted by atomic mass is 10.1. The average Bonchev–Trinajstić information content (AvgIpc) is 3.15. The van der Waals surface area contributed by atoms with Gasteiger partial charge in [-0.15, -0.1) is 11.6 Å². The average molecular weight is 325 g/mol. The molecule has 2 aromatic heterocycles. The highest BCUT2D eigenvalue weighted by Gasteiger charge is 2.30. The van der Waals surface area contributed by atoms with Crippen molar-refractivity contribution < 1.29 is 4.39 Å². The fourth-order valence-corrected chi connectivity index (χ4v) is 3.16. The van der Waals surface area contributed by atoms with E-state index in [0.29, 0.717) is 11.4 Å². The number of alkyl halides is 1. The molecule has 0 aliphatic carbocycles. The summed E-state index contributed by atoms with van der Waals surface area (Å²) in [6, 6.07) is 3.15. The van der Waals surface area contributed by atoms with E-state index < -0.39 is 5.82 Å². The van der Waals surface area contributed by atoms with Gasteiger partial charge in [0, 0.05) is 36.8 Å². The molecule has 22 heavy (non-hydrogen) atoms. The van der Waals surface area contributed by atoms with Crippen molar-refractivity contribution in [2.75, 3.05) is 17.3 Å². The second kappa shape index (κ2) is 6.52. The van der Waals surface area contributed by atoms with E-state index in [0.717, 1.165) is 44.4 Å². The SMILES string of the molecule is O=c1[nH]cc(F)cc1[C@H]1CCCN1c1ccnn1CCCCl. The van der Waals surface area contributed by atoms with Crippen LogP contribution in [-0.4, -0.2) is 27.2 Å². The van der Waals surface area contributed by atoms with Crippen LogP contribution in [0.15, 0.2) is 29.3 Å². The Morgan fingerprint density at radius 3 is 3.18 bits per heavy atom. The van der Waals surface area contributed by atoms with Crippen LogP contribution in [0.1, 0.15) is 30.9 Å². The Bertz CT molecular complexity index is 699. The molecule has 0 radical (unpaired) electrons. The third-order valence-electron chi connectivity index (χ3n) is 4.00. The molecule has 0 saturated carbocycles. The Morgan fingerprint density at radius 1 is 1.50 bits per heavy atom. The molecule has 1 N–H and O–H groups in total. The fraction of sp³-hybridized carbons (Fsp3) is 0.467. The van der Waals surface area contributed by atoms with Gasteiger partial charge in [-0.3, -0.25) is 4.79 Å². The fourth-order valence-electron chi connectivity index (χ4n) is 3.04. The van der Waals surface area contributed by atoms with Gasteiger partial charge in [-0.2, -0.15) is 5.10 Å². The quantitative estimate of drug-likeness (QED) is 0.860. The van der Waals surface area contributed by atoms with Crippen LogP contribution in [0, 0.1) is 5.82 Å². The number of nitrogens with zero attached hydrogens (tertiary/aromatic N) is 3. The van der Waals surface area contributed by atoms with E-state index in [1.165, 1.54) is 6.07 Å². The van der Waals surface area contributed by atoms with Gasteiger partial charge >= 0.3 is 0 Å². The lowest BCUT2D eigenvalue weighted by molar-refractivity contribution is 0.577. The molecule has 2 aromatic rings. The molecule has 1 atom stereocenters. The molecule has 1 aliphatic rings. The first kappa shape index (κ1) is 15.1. The molecule has 0 unspecified atom stereocenters. The first-order valence-corrected chi connectivity index (χ1v) is 7.96. The smallest absolute Gasteiger partial charge is 0.253 e. The number of pyridine rings is 1. The monoisotopic (exact) mass is 324 g/mol. The van der Waals surface area contributed by atoms with Gasteiger partial charge in [0.15, 0.2) is 0 Å². The summed E-state index contributed by atoms with van der Waals surface area (Å²) in [4.78, 5) is 16.6. The van der Waals surface area contributed by atoms with E-state index in [1.54, 1.807) is 6.20 Å². The maximum absolute atomic E-state index is 13.5. The number of aromatic nitrogens is 3. The normalized spacial score (nSPS) is 18.1. The third-order valence-corrected chi connectivity index (χ3v) is 4.27. The number of aromatic amines is 1. The Balaban J connectivity index is 1.92. The Kier molecular flexibility index (Phi) is 4.47. The number of anilines is 1. The minimum absolute atomic E-state index is 0.120. The number of hydrogen-bond donors (Lipinski definition) is 1. The van der Waals surface area contributed by atoms with E-state index in [1.807, 2.05) is 10.7 Å². The number of H-pyrrole nitrogens is 1. The van der Waals surface area contributed by atoms with Crippen LogP contribution in [0.25, 0.3) is 0 Å². The van der Waals surface area contributed by atoms with E-state index in [2.05, 4.69) is 15.0 Å². The molecule has 0 bridgehead atoms. The van der Waals surface area contributed by atoms with Crippen molar-refractivity contribution in [3.63, 3.8) is 0 Å². The standard InChI is InChI=1S/C15H18ClFN4O/c16-5-2-8-21-14(4-6-19-21)20-7-1-3-13(20)12-9-11(17)10-18-15(12)22/h4,6,9-10,13H,1-3,5,7-8H2,(H,18,22)/t13-/m1/s1. The second-order valence-corrected chi connectivity index (χ2v) is 5.79. The predicted octanol–water partition coefficient (Wildman–Crippen LogP) is 2.68. The van der Waals surface area contributed by atoms with Gasteiger partial charge in [0.25, 0.3) is 5.56 Å². The Hall–Kier alpha value is -1.82. The molecule has 118 valence electrons. The highest BCUT2D eigenvalue weighted by atomic mass is 35.5. The summed E-state index contributed by atoms with van der Waals surface area (Å²) in [7, 11) is 0. The van der Waals surface area contributed by atoms with Crippen molar-refractivity contribution in [2.24, 2.45) is 0 Å². The number of halogens is 2. The molecule has 3 rings (SSSR count). The molecule has 5 nitrogen and oxygen atoms in total. The summed E-state index contributed by atoms with van der Waals surface area (Å²) in [6.07, 6.45) is 5.45. The van der Waals surface area contributed by atoms with Gasteiger partial charge in [0.05, 0.1) is 12.2 Å². The van der Waals surface area contributed by atoms with Crippen molar-refractivity contribution in [1.29, 1.82) is 0 Å². The first-order valence-electron chi connectivity index (χ1n) is 7.43. The van der Waals surface area contributed by atoms with E-state index in [9.17, 15) is 9.18 Å². The second-order valence-electron chi connectivity index (χ2n) is 5.41. The van der Waals surface area contributed by atoms with Crippen LogP contribution >= 0.6 is 11.6 Å². The van der Waals surface area contributed by atoms with Gasteiger partial charge < -0.3 is 9.88 Å². The van der Waals surface area contributed by atoms with Crippen LogP contribution in [0.3, 0.4) is 0 Å². The Labute approximate surface area is 132 Å². The molecular formula is C15H18ClFN4O. The molecule has 0 spiro atoms. The minimum atomic E-state index is -0.419. The lowest BCUT2D eigenvalue weighted by Gasteiger charge is -2.27. The van der Waals surface area contributed by atoms with Gasteiger partial charge in [0.2, 0.25) is 0 Å². The maximum Gasteiger partial charge on any atom is 0.253 e. The number of hydrogen-bond acceptors (Lipinski definition) is 3. The number of nitrogens with one attached hydrogen (secondary N) is 1. The lowest BCUT2D eigenvalue weighted by Crippen LogP contribution is -2.29.